The van der Waals surface area contributed by atoms with Gasteiger partial charge >= 0.3 is 0 Å². The minimum Gasteiger partial charge on any atom is -0.493 e. The number of hydrogen-bond acceptors (Lipinski definition) is 7. The van der Waals surface area contributed by atoms with Crippen LogP contribution in [0.5, 0.6) is 11.5 Å². The molecule has 8 nitrogen and oxygen atoms in total. The predicted octanol–water partition coefficient (Wildman–Crippen LogP) is 14.7. The van der Waals surface area contributed by atoms with Crippen LogP contribution in [0.3, 0.4) is 0 Å². The fraction of sp³-hybridized carbons (Fsp3) is 0.492. The molecular formula is C61H83NO7. The zero-order chi connectivity index (χ0) is 49.1. The van der Waals surface area contributed by atoms with Gasteiger partial charge in [0.05, 0.1) is 45.7 Å². The van der Waals surface area contributed by atoms with E-state index in [1.807, 2.05) is 85.8 Å². The highest BCUT2D eigenvalue weighted by Gasteiger charge is 2.18. The van der Waals surface area contributed by atoms with Crippen LogP contribution in [0, 0.1) is 0 Å². The van der Waals surface area contributed by atoms with E-state index in [9.17, 15) is 25.2 Å². The Labute approximate surface area is 414 Å². The van der Waals surface area contributed by atoms with Crippen LogP contribution in [0.4, 0.5) is 0 Å². The summed E-state index contributed by atoms with van der Waals surface area (Å²) in [7, 11) is 0. The molecule has 69 heavy (non-hydrogen) atoms. The van der Waals surface area contributed by atoms with Gasteiger partial charge in [-0.3, -0.25) is 4.79 Å². The van der Waals surface area contributed by atoms with Crippen LogP contribution in [0.25, 0.3) is 33.4 Å². The van der Waals surface area contributed by atoms with Gasteiger partial charge in [-0.05, 0) is 113 Å². The molecule has 0 aliphatic carbocycles. The molecule has 0 fully saturated rings. The van der Waals surface area contributed by atoms with E-state index in [4.69, 9.17) is 9.47 Å². The number of amides is 1. The van der Waals surface area contributed by atoms with Crippen LogP contribution in [0.2, 0.25) is 0 Å². The molecule has 5 rings (SSSR count). The number of carbonyl (C=O) groups excluding carboxylic acids is 1. The Kier molecular flexibility index (Phi) is 24.9. The van der Waals surface area contributed by atoms with Crippen molar-refractivity contribution in [3.8, 4) is 44.9 Å². The number of carbonyl (C=O) groups is 1. The second kappa shape index (κ2) is 31.3. The Bertz CT molecular complexity index is 2080. The average molecular weight is 942 g/mol. The van der Waals surface area contributed by atoms with E-state index < -0.39 is 0 Å². The Balaban J connectivity index is 1.39. The zero-order valence-electron chi connectivity index (χ0n) is 42.2. The minimum atomic E-state index is -0.256. The Morgan fingerprint density at radius 2 is 0.768 bits per heavy atom. The number of benzene rings is 5. The van der Waals surface area contributed by atoms with Crippen molar-refractivity contribution < 1.29 is 34.7 Å². The summed E-state index contributed by atoms with van der Waals surface area (Å²) in [5, 5.41) is 45.9. The van der Waals surface area contributed by atoms with Crippen LogP contribution in [-0.2, 0) is 26.4 Å². The van der Waals surface area contributed by atoms with Crippen molar-refractivity contribution in [3.05, 3.63) is 130 Å². The third-order valence-corrected chi connectivity index (χ3v) is 13.4. The molecule has 5 aromatic carbocycles. The molecule has 0 bridgehead atoms. The molecule has 0 aliphatic heterocycles. The van der Waals surface area contributed by atoms with E-state index in [0.29, 0.717) is 52.5 Å². The Morgan fingerprint density at radius 1 is 0.435 bits per heavy atom. The van der Waals surface area contributed by atoms with E-state index in [-0.39, 0.29) is 38.4 Å². The van der Waals surface area contributed by atoms with Crippen LogP contribution < -0.4 is 14.8 Å². The maximum absolute atomic E-state index is 13.4. The van der Waals surface area contributed by atoms with Crippen molar-refractivity contribution in [2.24, 2.45) is 0 Å². The molecular weight excluding hydrogens is 859 g/mol. The summed E-state index contributed by atoms with van der Waals surface area (Å²) < 4.78 is 12.6. The van der Waals surface area contributed by atoms with E-state index in [1.54, 1.807) is 0 Å². The van der Waals surface area contributed by atoms with Gasteiger partial charge in [0.15, 0.2) is 0 Å². The lowest BCUT2D eigenvalue weighted by molar-refractivity contribution is 0.0940. The molecule has 5 aromatic rings. The topological polar surface area (TPSA) is 128 Å². The second-order valence-electron chi connectivity index (χ2n) is 18.9. The van der Waals surface area contributed by atoms with Crippen LogP contribution in [-0.4, -0.2) is 39.5 Å². The summed E-state index contributed by atoms with van der Waals surface area (Å²) in [5.74, 6) is 0.888. The van der Waals surface area contributed by atoms with Gasteiger partial charge in [0, 0.05) is 27.8 Å². The summed E-state index contributed by atoms with van der Waals surface area (Å²) in [4.78, 5) is 13.4. The van der Waals surface area contributed by atoms with Crippen molar-refractivity contribution in [3.63, 3.8) is 0 Å². The first-order valence-corrected chi connectivity index (χ1v) is 26.5. The van der Waals surface area contributed by atoms with Crippen molar-refractivity contribution in [2.45, 2.75) is 182 Å². The molecule has 0 aliphatic rings. The summed E-state index contributed by atoms with van der Waals surface area (Å²) in [5.41, 5.74) is 9.00. The first kappa shape index (κ1) is 54.9. The Morgan fingerprint density at radius 3 is 1.13 bits per heavy atom. The highest BCUT2D eigenvalue weighted by atomic mass is 16.5. The molecule has 0 radical (unpaired) electrons. The number of hydrogen-bond donors (Lipinski definition) is 5. The molecule has 374 valence electrons. The van der Waals surface area contributed by atoms with Gasteiger partial charge in [-0.1, -0.05) is 172 Å². The molecule has 0 unspecified atom stereocenters. The molecule has 0 saturated heterocycles. The second-order valence-corrected chi connectivity index (χ2v) is 18.9. The highest BCUT2D eigenvalue weighted by molar-refractivity contribution is 5.95. The molecule has 8 heteroatoms. The normalized spacial score (nSPS) is 11.8. The molecule has 0 saturated carbocycles. The van der Waals surface area contributed by atoms with Gasteiger partial charge in [0.25, 0.3) is 5.91 Å². The third kappa shape index (κ3) is 17.7. The number of nitrogens with one attached hydrogen (secondary N) is 1. The summed E-state index contributed by atoms with van der Waals surface area (Å²) >= 11 is 0. The smallest absolute Gasteiger partial charge is 0.251 e. The monoisotopic (exact) mass is 942 g/mol. The lowest BCUT2D eigenvalue weighted by Gasteiger charge is -2.19. The maximum Gasteiger partial charge on any atom is 0.251 e. The SMILES string of the molecule is CCCCCCCCCCCCOc1c(CO)cc(-c2cc(-c3ccc(C(=O)N[C@H](C)c4ccccc4)cc3)cc(-c3cc(CO)c(OCCCCCCCCCCCC)c(CO)c3)c2)cc1CO. The Hall–Kier alpha value is -4.99. The largest absolute Gasteiger partial charge is 0.493 e. The summed E-state index contributed by atoms with van der Waals surface area (Å²) in [6.45, 7) is 6.46. The lowest BCUT2D eigenvalue weighted by atomic mass is 9.90. The molecule has 0 aromatic heterocycles. The fourth-order valence-corrected chi connectivity index (χ4v) is 9.26. The first-order chi connectivity index (χ1) is 33.8. The van der Waals surface area contributed by atoms with Gasteiger partial charge in [-0.2, -0.15) is 0 Å². The first-order valence-electron chi connectivity index (χ1n) is 26.5. The van der Waals surface area contributed by atoms with E-state index in [2.05, 4.69) is 37.4 Å². The van der Waals surface area contributed by atoms with Crippen molar-refractivity contribution in [1.29, 1.82) is 0 Å². The van der Waals surface area contributed by atoms with E-state index in [1.165, 1.54) is 103 Å². The molecule has 5 N–H and O–H groups in total. The number of ether oxygens (including phenoxy) is 2. The van der Waals surface area contributed by atoms with Gasteiger partial charge in [-0.15, -0.1) is 0 Å². The van der Waals surface area contributed by atoms with E-state index in [0.717, 1.165) is 64.6 Å². The van der Waals surface area contributed by atoms with Crippen molar-refractivity contribution in [2.75, 3.05) is 13.2 Å². The van der Waals surface area contributed by atoms with Crippen molar-refractivity contribution >= 4 is 5.91 Å². The average Bonchev–Trinajstić information content (AvgIpc) is 3.39. The standard InChI is InChI=1S/C61H83NO7/c1-4-6-8-10-12-14-16-18-20-25-33-68-59-55(42-63)38-53(39-56(59)43-64)51-35-50(48-29-31-49(32-30-48)61(67)62-46(3)47-27-23-22-24-28-47)36-52(37-51)54-40-57(44-65)60(58(41-54)45-66)69-34-26-21-19-17-15-13-11-9-7-5-2/h22-24,27-32,35-41,46,63-66H,4-21,25-26,33-34,42-45H2,1-3H3,(H,62,67)/t46-/m1/s1. The number of unbranched alkanes of at least 4 members (excludes halogenated alkanes) is 18. The highest BCUT2D eigenvalue weighted by Crippen LogP contribution is 2.39. The third-order valence-electron chi connectivity index (χ3n) is 13.4. The number of aliphatic hydroxyl groups excluding tert-OH is 4. The van der Waals surface area contributed by atoms with Crippen LogP contribution in [0.1, 0.15) is 193 Å². The molecule has 1 atom stereocenters. The zero-order valence-corrected chi connectivity index (χ0v) is 42.2. The van der Waals surface area contributed by atoms with Gasteiger partial charge in [-0.25, -0.2) is 0 Å². The predicted molar refractivity (Wildman–Crippen MR) is 283 cm³/mol. The lowest BCUT2D eigenvalue weighted by Crippen LogP contribution is -2.26. The molecule has 0 heterocycles. The molecule has 0 spiro atoms. The number of rotatable bonds is 34. The van der Waals surface area contributed by atoms with Crippen LogP contribution >= 0.6 is 0 Å². The number of aliphatic hydroxyl groups is 4. The van der Waals surface area contributed by atoms with E-state index >= 15 is 0 Å². The fourth-order valence-electron chi connectivity index (χ4n) is 9.26. The quantitative estimate of drug-likeness (QED) is 0.0260. The van der Waals surface area contributed by atoms with Gasteiger partial charge in [0.1, 0.15) is 11.5 Å². The summed E-state index contributed by atoms with van der Waals surface area (Å²) in [6.07, 6.45) is 24.5. The van der Waals surface area contributed by atoms with Crippen molar-refractivity contribution in [1.82, 2.24) is 5.32 Å². The van der Waals surface area contributed by atoms with Gasteiger partial charge in [0.2, 0.25) is 0 Å². The molecule has 1 amide bonds. The maximum atomic E-state index is 13.4. The summed E-state index contributed by atoms with van der Waals surface area (Å²) in [6, 6.07) is 31.2. The van der Waals surface area contributed by atoms with Gasteiger partial charge < -0.3 is 35.2 Å². The minimum absolute atomic E-state index is 0.161. The van der Waals surface area contributed by atoms with Crippen LogP contribution in [0.15, 0.2) is 97.1 Å².